The van der Waals surface area contributed by atoms with E-state index < -0.39 is 6.04 Å². The number of H-pyrrole nitrogens is 1. The number of benzene rings is 1. The molecule has 1 saturated heterocycles. The summed E-state index contributed by atoms with van der Waals surface area (Å²) in [5, 5.41) is 19.4. The van der Waals surface area contributed by atoms with Crippen LogP contribution in [0.4, 0.5) is 0 Å². The number of rotatable bonds is 4. The van der Waals surface area contributed by atoms with Crippen molar-refractivity contribution in [2.45, 2.75) is 38.3 Å². The number of likely N-dealkylation sites (tertiary alicyclic amines) is 1. The molecule has 9 heteroatoms. The Bertz CT molecular complexity index is 860. The van der Waals surface area contributed by atoms with E-state index in [2.05, 4.69) is 30.6 Å². The summed E-state index contributed by atoms with van der Waals surface area (Å²) >= 11 is 0. The molecule has 0 saturated carbocycles. The fourth-order valence-corrected chi connectivity index (χ4v) is 3.29. The van der Waals surface area contributed by atoms with Crippen LogP contribution in [0.3, 0.4) is 0 Å². The molecule has 1 amide bonds. The molecule has 0 bridgehead atoms. The van der Waals surface area contributed by atoms with Gasteiger partial charge < -0.3 is 4.90 Å². The molecule has 3 heterocycles. The third kappa shape index (κ3) is 3.07. The van der Waals surface area contributed by atoms with Gasteiger partial charge in [0.2, 0.25) is 11.7 Å². The highest BCUT2D eigenvalue weighted by Crippen LogP contribution is 2.30. The Morgan fingerprint density at radius 1 is 1.27 bits per heavy atom. The van der Waals surface area contributed by atoms with Crippen molar-refractivity contribution in [2.24, 2.45) is 0 Å². The maximum Gasteiger partial charge on any atom is 0.249 e. The topological polar surface area (TPSA) is 105 Å². The first kappa shape index (κ1) is 16.4. The summed E-state index contributed by atoms with van der Waals surface area (Å²) in [6.45, 7) is 2.49. The van der Waals surface area contributed by atoms with Gasteiger partial charge in [0, 0.05) is 12.1 Å². The van der Waals surface area contributed by atoms with E-state index in [0.717, 1.165) is 30.7 Å². The van der Waals surface area contributed by atoms with Crippen molar-refractivity contribution in [2.75, 3.05) is 6.54 Å². The molecular weight excluding hydrogens is 332 g/mol. The number of aromatic nitrogens is 7. The number of nitrogens with one attached hydrogen (secondary N) is 1. The van der Waals surface area contributed by atoms with Crippen molar-refractivity contribution in [1.29, 1.82) is 0 Å². The Morgan fingerprint density at radius 2 is 2.12 bits per heavy atom. The summed E-state index contributed by atoms with van der Waals surface area (Å²) in [5.41, 5.74) is 0.871. The summed E-state index contributed by atoms with van der Waals surface area (Å²) in [6, 6.07) is 8.97. The van der Waals surface area contributed by atoms with Gasteiger partial charge in [-0.1, -0.05) is 30.3 Å². The van der Waals surface area contributed by atoms with Crippen molar-refractivity contribution < 1.29 is 4.79 Å². The second kappa shape index (κ2) is 7.03. The molecule has 1 aromatic carbocycles. The van der Waals surface area contributed by atoms with Crippen molar-refractivity contribution >= 4 is 5.91 Å². The first-order valence-corrected chi connectivity index (χ1v) is 8.74. The maximum absolute atomic E-state index is 13.1. The number of hydrogen-bond donors (Lipinski definition) is 1. The van der Waals surface area contributed by atoms with Crippen molar-refractivity contribution in [1.82, 2.24) is 40.3 Å². The summed E-state index contributed by atoms with van der Waals surface area (Å²) in [5.74, 6) is 1.19. The van der Waals surface area contributed by atoms with E-state index in [1.54, 1.807) is 6.92 Å². The molecule has 1 N–H and O–H groups in total. The SMILES string of the molecule is CC(C(=O)N1CCCCC1c1ncn[nH]1)n1nnc(-c2ccccc2)n1. The minimum Gasteiger partial charge on any atom is -0.331 e. The van der Waals surface area contributed by atoms with Crippen LogP contribution in [0.2, 0.25) is 0 Å². The number of nitrogens with zero attached hydrogens (tertiary/aromatic N) is 7. The monoisotopic (exact) mass is 352 g/mol. The van der Waals surface area contributed by atoms with Crippen LogP contribution in [-0.4, -0.2) is 52.7 Å². The lowest BCUT2D eigenvalue weighted by molar-refractivity contribution is -0.139. The molecule has 26 heavy (non-hydrogen) atoms. The summed E-state index contributed by atoms with van der Waals surface area (Å²) in [6.07, 6.45) is 4.38. The number of tetrazole rings is 1. The van der Waals surface area contributed by atoms with Crippen molar-refractivity contribution in [3.63, 3.8) is 0 Å². The van der Waals surface area contributed by atoms with Crippen LogP contribution >= 0.6 is 0 Å². The van der Waals surface area contributed by atoms with Gasteiger partial charge in [-0.15, -0.1) is 10.2 Å². The Labute approximate surface area is 150 Å². The molecule has 3 aromatic rings. The van der Waals surface area contributed by atoms with E-state index in [4.69, 9.17) is 0 Å². The van der Waals surface area contributed by atoms with Crippen LogP contribution in [0.25, 0.3) is 11.4 Å². The van der Waals surface area contributed by atoms with E-state index in [1.807, 2.05) is 35.2 Å². The molecule has 4 rings (SSSR count). The quantitative estimate of drug-likeness (QED) is 0.767. The molecule has 1 aliphatic rings. The second-order valence-electron chi connectivity index (χ2n) is 6.39. The van der Waals surface area contributed by atoms with Crippen LogP contribution in [0.15, 0.2) is 36.7 Å². The molecule has 0 radical (unpaired) electrons. The van der Waals surface area contributed by atoms with E-state index in [9.17, 15) is 4.79 Å². The average molecular weight is 352 g/mol. The second-order valence-corrected chi connectivity index (χ2v) is 6.39. The van der Waals surface area contributed by atoms with E-state index in [1.165, 1.54) is 11.1 Å². The van der Waals surface area contributed by atoms with Gasteiger partial charge in [0.15, 0.2) is 0 Å². The number of aromatic amines is 1. The molecule has 2 atom stereocenters. The number of amides is 1. The Hall–Kier alpha value is -3.10. The van der Waals surface area contributed by atoms with Gasteiger partial charge in [-0.2, -0.15) is 9.90 Å². The highest BCUT2D eigenvalue weighted by Gasteiger charge is 2.33. The molecule has 0 aliphatic carbocycles. The van der Waals surface area contributed by atoms with Gasteiger partial charge in [0.05, 0.1) is 6.04 Å². The van der Waals surface area contributed by atoms with Crippen LogP contribution in [0, 0.1) is 0 Å². The smallest absolute Gasteiger partial charge is 0.249 e. The largest absolute Gasteiger partial charge is 0.331 e. The third-order valence-electron chi connectivity index (χ3n) is 4.70. The van der Waals surface area contributed by atoms with E-state index >= 15 is 0 Å². The Morgan fingerprint density at radius 3 is 2.88 bits per heavy atom. The zero-order chi connectivity index (χ0) is 17.9. The maximum atomic E-state index is 13.1. The fourth-order valence-electron chi connectivity index (χ4n) is 3.29. The number of hydrogen-bond acceptors (Lipinski definition) is 6. The minimum atomic E-state index is -0.538. The summed E-state index contributed by atoms with van der Waals surface area (Å²) in [4.78, 5) is 20.6. The number of carbonyl (C=O) groups is 1. The predicted molar refractivity (Wildman–Crippen MR) is 92.7 cm³/mol. The van der Waals surface area contributed by atoms with Gasteiger partial charge in [0.1, 0.15) is 18.2 Å². The molecule has 2 unspecified atom stereocenters. The molecule has 0 spiro atoms. The normalized spacial score (nSPS) is 18.7. The molecule has 1 aliphatic heterocycles. The lowest BCUT2D eigenvalue weighted by Crippen LogP contribution is -2.42. The van der Waals surface area contributed by atoms with E-state index in [0.29, 0.717) is 12.4 Å². The van der Waals surface area contributed by atoms with Crippen molar-refractivity contribution in [3.05, 3.63) is 42.5 Å². The number of piperidine rings is 1. The van der Waals surface area contributed by atoms with Gasteiger partial charge in [-0.25, -0.2) is 4.98 Å². The molecule has 2 aromatic heterocycles. The predicted octanol–water partition coefficient (Wildman–Crippen LogP) is 1.77. The van der Waals surface area contributed by atoms with Crippen molar-refractivity contribution in [3.8, 4) is 11.4 Å². The van der Waals surface area contributed by atoms with E-state index in [-0.39, 0.29) is 11.9 Å². The van der Waals surface area contributed by atoms with Gasteiger partial charge in [-0.3, -0.25) is 9.89 Å². The fraction of sp³-hybridized carbons (Fsp3) is 0.412. The highest BCUT2D eigenvalue weighted by molar-refractivity contribution is 5.80. The standard InChI is InChI=1S/C17H20N8O/c1-12(25-22-15(21-23-25)13-7-3-2-4-8-13)17(26)24-10-6-5-9-14(24)16-18-11-19-20-16/h2-4,7-8,11-12,14H,5-6,9-10H2,1H3,(H,18,19,20). The highest BCUT2D eigenvalue weighted by atomic mass is 16.2. The average Bonchev–Trinajstić information content (AvgIpc) is 3.39. The molecule has 134 valence electrons. The Kier molecular flexibility index (Phi) is 4.42. The summed E-state index contributed by atoms with van der Waals surface area (Å²) in [7, 11) is 0. The molecular formula is C17H20N8O. The van der Waals surface area contributed by atoms with Gasteiger partial charge >= 0.3 is 0 Å². The zero-order valence-corrected chi connectivity index (χ0v) is 14.5. The third-order valence-corrected chi connectivity index (χ3v) is 4.70. The molecule has 1 fully saturated rings. The lowest BCUT2D eigenvalue weighted by Gasteiger charge is -2.35. The van der Waals surface area contributed by atoms with Gasteiger partial charge in [-0.05, 0) is 31.4 Å². The molecule has 9 nitrogen and oxygen atoms in total. The minimum absolute atomic E-state index is 0.0388. The van der Waals surface area contributed by atoms with Crippen LogP contribution < -0.4 is 0 Å². The first-order chi connectivity index (χ1) is 12.7. The zero-order valence-electron chi connectivity index (χ0n) is 14.5. The Balaban J connectivity index is 1.55. The van der Waals surface area contributed by atoms with Crippen LogP contribution in [-0.2, 0) is 4.79 Å². The summed E-state index contributed by atoms with van der Waals surface area (Å²) < 4.78 is 0. The van der Waals surface area contributed by atoms with Gasteiger partial charge in [0.25, 0.3) is 0 Å². The van der Waals surface area contributed by atoms with Crippen LogP contribution in [0.5, 0.6) is 0 Å². The van der Waals surface area contributed by atoms with Crippen LogP contribution in [0.1, 0.15) is 44.1 Å². The first-order valence-electron chi connectivity index (χ1n) is 8.74. The lowest BCUT2D eigenvalue weighted by atomic mass is 10.0. The number of carbonyl (C=O) groups excluding carboxylic acids is 1.